The van der Waals surface area contributed by atoms with Gasteiger partial charge in [-0.2, -0.15) is 0 Å². The maximum atomic E-state index is 13.3. The van der Waals surface area contributed by atoms with Crippen LogP contribution >= 0.6 is 11.3 Å². The van der Waals surface area contributed by atoms with Gasteiger partial charge in [-0.3, -0.25) is 4.79 Å². The number of hydrogen-bond acceptors (Lipinski definition) is 4. The predicted octanol–water partition coefficient (Wildman–Crippen LogP) is 4.28. The zero-order valence-electron chi connectivity index (χ0n) is 18.0. The topological polar surface area (TPSA) is 35.6 Å². The average molecular weight is 432 g/mol. The van der Waals surface area contributed by atoms with Crippen LogP contribution in [0.1, 0.15) is 16.0 Å². The van der Waals surface area contributed by atoms with Crippen LogP contribution in [0.2, 0.25) is 0 Å². The van der Waals surface area contributed by atoms with Gasteiger partial charge in [0.1, 0.15) is 0 Å². The number of nitrogens with one attached hydrogen (secondary N) is 1. The van der Waals surface area contributed by atoms with Gasteiger partial charge in [0.05, 0.1) is 12.0 Å². The summed E-state index contributed by atoms with van der Waals surface area (Å²) in [5, 5.41) is 5.33. The number of rotatable bonds is 5. The van der Waals surface area contributed by atoms with Crippen LogP contribution in [0.15, 0.2) is 66.0 Å². The van der Waals surface area contributed by atoms with Crippen LogP contribution in [0.4, 0.5) is 11.4 Å². The first-order valence-electron chi connectivity index (χ1n) is 11.2. The molecule has 1 amide bonds. The van der Waals surface area contributed by atoms with E-state index in [1.165, 1.54) is 27.4 Å². The van der Waals surface area contributed by atoms with Crippen molar-refractivity contribution < 1.29 is 4.79 Å². The van der Waals surface area contributed by atoms with E-state index in [0.29, 0.717) is 6.54 Å². The number of piperazine rings is 1. The van der Waals surface area contributed by atoms with Gasteiger partial charge in [0, 0.05) is 42.4 Å². The summed E-state index contributed by atoms with van der Waals surface area (Å²) in [5.74, 6) is 0.151. The summed E-state index contributed by atoms with van der Waals surface area (Å²) in [6.07, 6.45) is 1.71. The minimum Gasteiger partial charge on any atom is -0.368 e. The smallest absolute Gasteiger partial charge is 0.225 e. The molecule has 3 heterocycles. The Labute approximate surface area is 188 Å². The maximum absolute atomic E-state index is 13.3. The monoisotopic (exact) mass is 431 g/mol. The molecule has 1 N–H and O–H groups in total. The first kappa shape index (κ1) is 20.1. The molecule has 0 radical (unpaired) electrons. The number of para-hydroxylation sites is 1. The van der Waals surface area contributed by atoms with Crippen molar-refractivity contribution in [2.45, 2.75) is 25.8 Å². The van der Waals surface area contributed by atoms with E-state index in [0.717, 1.165) is 32.5 Å². The van der Waals surface area contributed by atoms with Gasteiger partial charge in [-0.15, -0.1) is 11.3 Å². The average Bonchev–Trinajstić information content (AvgIpc) is 3.32. The number of amides is 1. The van der Waals surface area contributed by atoms with E-state index in [4.69, 9.17) is 0 Å². The SMILES string of the molecule is Cc1ccc(N2CCN3c4ccccc4C[C@H](C(=O)NCCc4cccs4)[C@H]3C2)cc1. The first-order chi connectivity index (χ1) is 15.2. The van der Waals surface area contributed by atoms with Crippen LogP contribution in [0, 0.1) is 12.8 Å². The summed E-state index contributed by atoms with van der Waals surface area (Å²) in [6, 6.07) is 21.8. The number of nitrogens with zero attached hydrogens (tertiary/aromatic N) is 2. The number of fused-ring (bicyclic) bond motifs is 3. The fraction of sp³-hybridized carbons (Fsp3) is 0.346. The summed E-state index contributed by atoms with van der Waals surface area (Å²) in [4.78, 5) is 19.6. The highest BCUT2D eigenvalue weighted by molar-refractivity contribution is 7.09. The van der Waals surface area contributed by atoms with Gasteiger partial charge in [0.2, 0.25) is 5.91 Å². The lowest BCUT2D eigenvalue weighted by molar-refractivity contribution is -0.125. The summed E-state index contributed by atoms with van der Waals surface area (Å²) in [5.41, 5.74) is 5.12. The van der Waals surface area contributed by atoms with Gasteiger partial charge in [-0.1, -0.05) is 42.0 Å². The molecule has 0 aliphatic carbocycles. The molecule has 5 rings (SSSR count). The van der Waals surface area contributed by atoms with E-state index in [-0.39, 0.29) is 17.9 Å². The molecular weight excluding hydrogens is 402 g/mol. The molecule has 2 aliphatic rings. The van der Waals surface area contributed by atoms with E-state index >= 15 is 0 Å². The second-order valence-corrected chi connectivity index (χ2v) is 9.63. The van der Waals surface area contributed by atoms with Crippen molar-refractivity contribution in [3.8, 4) is 0 Å². The molecule has 0 unspecified atom stereocenters. The maximum Gasteiger partial charge on any atom is 0.225 e. The number of carbonyl (C=O) groups is 1. The summed E-state index contributed by atoms with van der Waals surface area (Å²) in [6.45, 7) is 5.61. The fourth-order valence-electron chi connectivity index (χ4n) is 4.94. The Balaban J connectivity index is 1.35. The van der Waals surface area contributed by atoms with Crippen molar-refractivity contribution in [2.24, 2.45) is 5.92 Å². The lowest BCUT2D eigenvalue weighted by Gasteiger charge is -2.49. The van der Waals surface area contributed by atoms with E-state index in [9.17, 15) is 4.79 Å². The molecular formula is C26H29N3OS. The highest BCUT2D eigenvalue weighted by Gasteiger charge is 2.41. The molecule has 3 aromatic rings. The molecule has 160 valence electrons. The Kier molecular flexibility index (Phi) is 5.68. The van der Waals surface area contributed by atoms with Crippen LogP contribution in [0.3, 0.4) is 0 Å². The highest BCUT2D eigenvalue weighted by atomic mass is 32.1. The molecule has 0 bridgehead atoms. The van der Waals surface area contributed by atoms with Crippen molar-refractivity contribution in [2.75, 3.05) is 36.0 Å². The fourth-order valence-corrected chi connectivity index (χ4v) is 5.65. The number of hydrogen-bond donors (Lipinski definition) is 1. The molecule has 4 nitrogen and oxygen atoms in total. The van der Waals surface area contributed by atoms with Crippen molar-refractivity contribution in [1.82, 2.24) is 5.32 Å². The third-order valence-corrected chi connectivity index (χ3v) is 7.55. The van der Waals surface area contributed by atoms with Gasteiger partial charge in [-0.05, 0) is 55.0 Å². The second kappa shape index (κ2) is 8.75. The number of carbonyl (C=O) groups excluding carboxylic acids is 1. The molecule has 1 aromatic heterocycles. The largest absolute Gasteiger partial charge is 0.368 e. The van der Waals surface area contributed by atoms with Gasteiger partial charge in [0.15, 0.2) is 0 Å². The van der Waals surface area contributed by atoms with Crippen LogP contribution < -0.4 is 15.1 Å². The molecule has 1 saturated heterocycles. The minimum atomic E-state index is -0.0357. The van der Waals surface area contributed by atoms with Crippen molar-refractivity contribution >= 4 is 28.6 Å². The Hall–Kier alpha value is -2.79. The van der Waals surface area contributed by atoms with Crippen LogP contribution in [-0.4, -0.2) is 38.1 Å². The van der Waals surface area contributed by atoms with Gasteiger partial charge in [0.25, 0.3) is 0 Å². The second-order valence-electron chi connectivity index (χ2n) is 8.60. The quantitative estimate of drug-likeness (QED) is 0.655. The van der Waals surface area contributed by atoms with E-state index in [1.807, 2.05) is 0 Å². The van der Waals surface area contributed by atoms with Crippen molar-refractivity contribution in [3.05, 3.63) is 82.0 Å². The van der Waals surface area contributed by atoms with Gasteiger partial charge < -0.3 is 15.1 Å². The summed E-state index contributed by atoms with van der Waals surface area (Å²) >= 11 is 1.75. The molecule has 2 aromatic carbocycles. The number of anilines is 2. The van der Waals surface area contributed by atoms with Gasteiger partial charge in [-0.25, -0.2) is 0 Å². The van der Waals surface area contributed by atoms with Crippen LogP contribution in [0.25, 0.3) is 0 Å². The molecule has 0 saturated carbocycles. The third-order valence-electron chi connectivity index (χ3n) is 6.61. The molecule has 1 fully saturated rings. The lowest BCUT2D eigenvalue weighted by Crippen LogP contribution is -2.61. The zero-order valence-corrected chi connectivity index (χ0v) is 18.8. The molecule has 5 heteroatoms. The summed E-state index contributed by atoms with van der Waals surface area (Å²) in [7, 11) is 0. The Morgan fingerprint density at radius 3 is 2.71 bits per heavy atom. The van der Waals surface area contributed by atoms with E-state index in [2.05, 4.69) is 88.1 Å². The molecule has 31 heavy (non-hydrogen) atoms. The normalized spacial score (nSPS) is 20.2. The first-order valence-corrected chi connectivity index (χ1v) is 12.0. The molecule has 2 aliphatic heterocycles. The van der Waals surface area contributed by atoms with Crippen LogP contribution in [-0.2, 0) is 17.6 Å². The van der Waals surface area contributed by atoms with Crippen molar-refractivity contribution in [3.63, 3.8) is 0 Å². The Morgan fingerprint density at radius 2 is 1.90 bits per heavy atom. The minimum absolute atomic E-state index is 0.0357. The standard InChI is InChI=1S/C26H29N3OS/c1-19-8-10-21(11-9-19)28-14-15-29-24-7-3-2-5-20(24)17-23(25(29)18-28)26(30)27-13-12-22-6-4-16-31-22/h2-11,16,23,25H,12-15,17-18H2,1H3,(H,27,30)/t23-,25+/m0/s1. The Morgan fingerprint density at radius 1 is 1.06 bits per heavy atom. The number of thiophene rings is 1. The van der Waals surface area contributed by atoms with Crippen LogP contribution in [0.5, 0.6) is 0 Å². The predicted molar refractivity (Wildman–Crippen MR) is 129 cm³/mol. The number of benzene rings is 2. The lowest BCUT2D eigenvalue weighted by atomic mass is 9.83. The highest BCUT2D eigenvalue weighted by Crippen LogP contribution is 2.36. The molecule has 0 spiro atoms. The van der Waals surface area contributed by atoms with E-state index in [1.54, 1.807) is 11.3 Å². The van der Waals surface area contributed by atoms with E-state index < -0.39 is 0 Å². The summed E-state index contributed by atoms with van der Waals surface area (Å²) < 4.78 is 0. The third kappa shape index (κ3) is 4.19. The zero-order chi connectivity index (χ0) is 21.2. The number of aryl methyl sites for hydroxylation is 1. The van der Waals surface area contributed by atoms with Gasteiger partial charge >= 0.3 is 0 Å². The Bertz CT molecular complexity index is 1030. The molecule has 2 atom stereocenters. The van der Waals surface area contributed by atoms with Crippen molar-refractivity contribution in [1.29, 1.82) is 0 Å².